The van der Waals surface area contributed by atoms with Crippen LogP contribution in [-0.4, -0.2) is 49.0 Å². The molecule has 0 saturated heterocycles. The molecule has 0 aliphatic carbocycles. The molecule has 38 heavy (non-hydrogen) atoms. The van der Waals surface area contributed by atoms with Gasteiger partial charge >= 0.3 is 5.97 Å². The van der Waals surface area contributed by atoms with Crippen molar-refractivity contribution in [1.29, 1.82) is 0 Å². The monoisotopic (exact) mass is 534 g/mol. The first-order chi connectivity index (χ1) is 18.0. The Bertz CT molecular complexity index is 1530. The van der Waals surface area contributed by atoms with E-state index in [1.807, 2.05) is 19.1 Å². The number of rotatable bonds is 7. The fraction of sp³-hybridized carbons (Fsp3) is 0.231. The summed E-state index contributed by atoms with van der Waals surface area (Å²) in [7, 11) is 1.62. The van der Waals surface area contributed by atoms with Crippen molar-refractivity contribution >= 4 is 45.3 Å². The van der Waals surface area contributed by atoms with Gasteiger partial charge in [0.25, 0.3) is 11.1 Å². The molecule has 4 aromatic rings. The first-order valence-corrected chi connectivity index (χ1v) is 12.3. The third kappa shape index (κ3) is 5.44. The summed E-state index contributed by atoms with van der Waals surface area (Å²) >= 11 is 0.832. The summed E-state index contributed by atoms with van der Waals surface area (Å²) < 4.78 is 7.14. The van der Waals surface area contributed by atoms with E-state index < -0.39 is 22.5 Å². The number of anilines is 1. The number of phenols is 1. The van der Waals surface area contributed by atoms with Crippen LogP contribution in [0.1, 0.15) is 29.8 Å². The second-order valence-electron chi connectivity index (χ2n) is 9.33. The number of hydrogen-bond donors (Lipinski definition) is 2. The summed E-state index contributed by atoms with van der Waals surface area (Å²) in [5, 5.41) is 22.3. The first kappa shape index (κ1) is 26.6. The predicted molar refractivity (Wildman–Crippen MR) is 142 cm³/mol. The number of amides is 2. The van der Waals surface area contributed by atoms with Crippen molar-refractivity contribution in [2.24, 2.45) is 18.2 Å². The van der Waals surface area contributed by atoms with Crippen LogP contribution in [0.4, 0.5) is 10.5 Å². The molecule has 0 bridgehead atoms. The standard InChI is InChI=1S/C26H26N6O5S/c1-15-9-11-16(12-10-15)32(25(36)38-24-28-29-30-31(24)4)14-26(2,3)23(35)37-20-13-19(22(27)34)21(33)18-8-6-5-7-17(18)20/h5-13,33H,14H2,1-4H3,(H2,27,34). The minimum absolute atomic E-state index is 0.0370. The third-order valence-corrected chi connectivity index (χ3v) is 6.80. The summed E-state index contributed by atoms with van der Waals surface area (Å²) in [5.41, 5.74) is 5.64. The first-order valence-electron chi connectivity index (χ1n) is 11.5. The molecular formula is C26H26N6O5S. The number of carbonyl (C=O) groups excluding carboxylic acids is 3. The fourth-order valence-electron chi connectivity index (χ4n) is 3.72. The van der Waals surface area contributed by atoms with Crippen LogP contribution in [0.25, 0.3) is 10.8 Å². The number of esters is 1. The van der Waals surface area contributed by atoms with Gasteiger partial charge in [-0.15, -0.1) is 5.10 Å². The molecule has 12 heteroatoms. The zero-order valence-electron chi connectivity index (χ0n) is 21.2. The van der Waals surface area contributed by atoms with Crippen molar-refractivity contribution in [3.63, 3.8) is 0 Å². The van der Waals surface area contributed by atoms with Gasteiger partial charge < -0.3 is 20.5 Å². The minimum Gasteiger partial charge on any atom is -0.506 e. The Hall–Kier alpha value is -4.45. The lowest BCUT2D eigenvalue weighted by Gasteiger charge is -2.31. The van der Waals surface area contributed by atoms with E-state index in [1.165, 1.54) is 15.6 Å². The molecule has 11 nitrogen and oxygen atoms in total. The molecule has 0 atom stereocenters. The molecule has 1 aromatic heterocycles. The molecule has 4 rings (SSSR count). The Balaban J connectivity index is 1.65. The Morgan fingerprint density at radius 1 is 1.11 bits per heavy atom. The number of nitrogens with two attached hydrogens (primary N) is 1. The highest BCUT2D eigenvalue weighted by atomic mass is 32.2. The van der Waals surface area contributed by atoms with Crippen LogP contribution < -0.4 is 15.4 Å². The highest BCUT2D eigenvalue weighted by Crippen LogP contribution is 2.37. The number of carbonyl (C=O) groups is 3. The Morgan fingerprint density at radius 3 is 2.37 bits per heavy atom. The van der Waals surface area contributed by atoms with Crippen molar-refractivity contribution in [1.82, 2.24) is 20.2 Å². The molecule has 3 N–H and O–H groups in total. The number of tetrazole rings is 1. The van der Waals surface area contributed by atoms with Crippen molar-refractivity contribution in [3.05, 3.63) is 65.7 Å². The molecule has 0 aliphatic heterocycles. The number of aryl methyl sites for hydroxylation is 2. The lowest BCUT2D eigenvalue weighted by molar-refractivity contribution is -0.143. The molecule has 0 radical (unpaired) electrons. The number of nitrogens with zero attached hydrogens (tertiary/aromatic N) is 5. The molecule has 2 amide bonds. The molecule has 0 saturated carbocycles. The number of aromatic hydroxyl groups is 1. The van der Waals surface area contributed by atoms with Crippen LogP contribution in [0, 0.1) is 12.3 Å². The van der Waals surface area contributed by atoms with E-state index in [0.717, 1.165) is 17.3 Å². The summed E-state index contributed by atoms with van der Waals surface area (Å²) in [6.45, 7) is 5.19. The van der Waals surface area contributed by atoms with Crippen molar-refractivity contribution in [2.45, 2.75) is 25.9 Å². The third-order valence-electron chi connectivity index (χ3n) is 5.88. The maximum atomic E-state index is 13.5. The number of fused-ring (bicyclic) bond motifs is 1. The summed E-state index contributed by atoms with van der Waals surface area (Å²) in [5.74, 6) is -1.74. The smallest absolute Gasteiger partial charge is 0.318 e. The Kier molecular flexibility index (Phi) is 7.35. The van der Waals surface area contributed by atoms with Crippen LogP contribution in [0.5, 0.6) is 11.5 Å². The van der Waals surface area contributed by atoms with E-state index in [2.05, 4.69) is 15.5 Å². The second-order valence-corrected chi connectivity index (χ2v) is 10.2. The largest absolute Gasteiger partial charge is 0.506 e. The SMILES string of the molecule is Cc1ccc(N(CC(C)(C)C(=O)Oc2cc(C(N)=O)c(O)c3ccccc23)C(=O)Sc2nnnn2C)cc1. The van der Waals surface area contributed by atoms with E-state index in [-0.39, 0.29) is 23.6 Å². The number of primary amides is 1. The van der Waals surface area contributed by atoms with Gasteiger partial charge in [-0.05, 0) is 49.4 Å². The van der Waals surface area contributed by atoms with Gasteiger partial charge in [-0.3, -0.25) is 14.4 Å². The van der Waals surface area contributed by atoms with Crippen LogP contribution in [0.2, 0.25) is 0 Å². The summed E-state index contributed by atoms with van der Waals surface area (Å²) in [4.78, 5) is 40.2. The number of benzene rings is 3. The zero-order chi connectivity index (χ0) is 27.6. The van der Waals surface area contributed by atoms with Gasteiger partial charge in [0.2, 0.25) is 5.16 Å². The van der Waals surface area contributed by atoms with Gasteiger partial charge in [-0.25, -0.2) is 4.68 Å². The highest BCUT2D eigenvalue weighted by molar-refractivity contribution is 8.13. The van der Waals surface area contributed by atoms with Crippen molar-refractivity contribution in [2.75, 3.05) is 11.4 Å². The zero-order valence-corrected chi connectivity index (χ0v) is 22.0. The van der Waals surface area contributed by atoms with Crippen LogP contribution >= 0.6 is 11.8 Å². The maximum Gasteiger partial charge on any atom is 0.318 e. The summed E-state index contributed by atoms with van der Waals surface area (Å²) in [6.07, 6.45) is 0. The lowest BCUT2D eigenvalue weighted by Crippen LogP contribution is -2.43. The number of hydrogen-bond acceptors (Lipinski definition) is 9. The van der Waals surface area contributed by atoms with E-state index in [9.17, 15) is 19.5 Å². The Morgan fingerprint density at radius 2 is 1.76 bits per heavy atom. The number of thioether (sulfide) groups is 1. The molecule has 1 heterocycles. The normalized spacial score (nSPS) is 11.4. The fourth-order valence-corrected chi connectivity index (χ4v) is 4.41. The number of ether oxygens (including phenoxy) is 1. The molecule has 0 aliphatic rings. The average molecular weight is 535 g/mol. The van der Waals surface area contributed by atoms with E-state index >= 15 is 0 Å². The Labute approximate surface area is 222 Å². The second kappa shape index (κ2) is 10.5. The van der Waals surface area contributed by atoms with Crippen LogP contribution in [0.15, 0.2) is 59.8 Å². The van der Waals surface area contributed by atoms with Gasteiger partial charge in [0, 0.05) is 41.8 Å². The minimum atomic E-state index is -1.20. The average Bonchev–Trinajstić information content (AvgIpc) is 3.28. The van der Waals surface area contributed by atoms with Crippen molar-refractivity contribution in [3.8, 4) is 11.5 Å². The predicted octanol–water partition coefficient (Wildman–Crippen LogP) is 3.83. The molecule has 196 valence electrons. The van der Waals surface area contributed by atoms with Crippen LogP contribution in [0.3, 0.4) is 0 Å². The maximum absolute atomic E-state index is 13.5. The molecule has 3 aromatic carbocycles. The van der Waals surface area contributed by atoms with Crippen molar-refractivity contribution < 1.29 is 24.2 Å². The molecular weight excluding hydrogens is 508 g/mol. The molecule has 0 unspecified atom stereocenters. The van der Waals surface area contributed by atoms with E-state index in [1.54, 1.807) is 57.3 Å². The van der Waals surface area contributed by atoms with Gasteiger partial charge in [-0.2, -0.15) is 0 Å². The van der Waals surface area contributed by atoms with Gasteiger partial charge in [0.15, 0.2) is 0 Å². The quantitative estimate of drug-likeness (QED) is 0.205. The van der Waals surface area contributed by atoms with E-state index in [0.29, 0.717) is 21.6 Å². The van der Waals surface area contributed by atoms with Gasteiger partial charge in [0.05, 0.1) is 11.0 Å². The number of aromatic nitrogens is 4. The highest BCUT2D eigenvalue weighted by Gasteiger charge is 2.36. The molecule has 0 fully saturated rings. The molecule has 0 spiro atoms. The van der Waals surface area contributed by atoms with Crippen LogP contribution in [-0.2, 0) is 11.8 Å². The summed E-state index contributed by atoms with van der Waals surface area (Å²) in [6, 6.07) is 15.2. The topological polar surface area (TPSA) is 154 Å². The van der Waals surface area contributed by atoms with E-state index in [4.69, 9.17) is 10.5 Å². The van der Waals surface area contributed by atoms with Gasteiger partial charge in [-0.1, -0.05) is 42.0 Å². The lowest BCUT2D eigenvalue weighted by atomic mass is 9.92. The van der Waals surface area contributed by atoms with Gasteiger partial charge in [0.1, 0.15) is 11.5 Å².